The maximum Gasteiger partial charge on any atom is 0.391 e. The average Bonchev–Trinajstić information content (AvgIpc) is 1.74. The number of rotatable bonds is 14. The average molecular weight is 1520 g/mol. The quantitative estimate of drug-likeness (QED) is 0.124. The highest BCUT2D eigenvalue weighted by atomic mass is 35.5. The molecule has 0 aromatic rings. The van der Waals surface area contributed by atoms with Crippen LogP contribution in [0.25, 0.3) is 0 Å². The van der Waals surface area contributed by atoms with E-state index in [4.69, 9.17) is 27.9 Å². The summed E-state index contributed by atoms with van der Waals surface area (Å²) >= 11 is 13.3. The number of nitrogens with one attached hydrogen (secondary N) is 3. The predicted octanol–water partition coefficient (Wildman–Crippen LogP) is 6.49. The third-order valence-electron chi connectivity index (χ3n) is 23.8. The molecule has 3 unspecified atom stereocenters. The van der Waals surface area contributed by atoms with E-state index < -0.39 is 180 Å². The second-order valence-corrected chi connectivity index (χ2v) is 32.7. The summed E-state index contributed by atoms with van der Waals surface area (Å²) in [6.07, 6.45) is 3.88. The van der Waals surface area contributed by atoms with Crippen molar-refractivity contribution < 1.29 is 75.4 Å². The van der Waals surface area contributed by atoms with Gasteiger partial charge in [0, 0.05) is 87.4 Å². The lowest BCUT2D eigenvalue weighted by Gasteiger charge is -2.46. The van der Waals surface area contributed by atoms with Gasteiger partial charge in [0.15, 0.2) is 0 Å². The van der Waals surface area contributed by atoms with Crippen molar-refractivity contribution in [1.82, 2.24) is 60.0 Å². The van der Waals surface area contributed by atoms with Crippen molar-refractivity contribution in [3.05, 3.63) is 12.2 Å². The Labute approximate surface area is 629 Å². The fourth-order valence-corrected chi connectivity index (χ4v) is 17.2. The van der Waals surface area contributed by atoms with Gasteiger partial charge in [-0.3, -0.25) is 57.5 Å². The smallest absolute Gasteiger partial charge is 0.377 e. The van der Waals surface area contributed by atoms with Crippen LogP contribution in [0.4, 0.5) is 13.2 Å². The Morgan fingerprint density at radius 3 is 1.90 bits per heavy atom. The normalized spacial score (nSPS) is 31.7. The first kappa shape index (κ1) is 86.0. The summed E-state index contributed by atoms with van der Waals surface area (Å²) in [5, 5.41) is 8.23. The molecule has 6 fully saturated rings. The van der Waals surface area contributed by atoms with Crippen LogP contribution in [-0.2, 0) is 62.3 Å². The van der Waals surface area contributed by atoms with Gasteiger partial charge in [0.2, 0.25) is 70.9 Å². The Hall–Kier alpha value is -6.29. The van der Waals surface area contributed by atoms with Crippen LogP contribution in [0, 0.1) is 35.5 Å². The van der Waals surface area contributed by atoms with Crippen molar-refractivity contribution in [2.75, 3.05) is 88.7 Å². The van der Waals surface area contributed by atoms with E-state index >= 15 is 33.6 Å². The molecule has 12 amide bonds. The number of halogens is 5. The van der Waals surface area contributed by atoms with Gasteiger partial charge in [-0.1, -0.05) is 59.1 Å². The lowest BCUT2D eigenvalue weighted by molar-refractivity contribution is -0.184. The van der Waals surface area contributed by atoms with E-state index in [1.165, 1.54) is 83.6 Å². The molecule has 25 nitrogen and oxygen atoms in total. The molecular formula is C75H119Cl2F3N12O13. The Kier molecular flexibility index (Phi) is 31.3. The largest absolute Gasteiger partial charge is 0.391 e. The van der Waals surface area contributed by atoms with Crippen molar-refractivity contribution in [1.29, 1.82) is 0 Å². The van der Waals surface area contributed by atoms with Crippen LogP contribution >= 0.6 is 23.2 Å². The molecule has 7 aliphatic rings. The van der Waals surface area contributed by atoms with Crippen molar-refractivity contribution in [3.63, 3.8) is 0 Å². The van der Waals surface area contributed by atoms with E-state index in [0.717, 1.165) is 22.6 Å². The third-order valence-corrected chi connectivity index (χ3v) is 25.0. The van der Waals surface area contributed by atoms with Gasteiger partial charge in [-0.2, -0.15) is 13.2 Å². The molecule has 0 radical (unpaired) electrons. The molecule has 0 aromatic heterocycles. The monoisotopic (exact) mass is 1520 g/mol. The van der Waals surface area contributed by atoms with Crippen molar-refractivity contribution in [2.24, 2.45) is 35.5 Å². The first-order valence-corrected chi connectivity index (χ1v) is 39.3. The van der Waals surface area contributed by atoms with Crippen LogP contribution in [0.1, 0.15) is 189 Å². The summed E-state index contributed by atoms with van der Waals surface area (Å²) in [5.74, 6) is -11.2. The molecule has 13 atom stereocenters. The number of ether oxygens (including phenoxy) is 1. The lowest BCUT2D eigenvalue weighted by atomic mass is 9.74. The summed E-state index contributed by atoms with van der Waals surface area (Å²) in [7, 11) is 10.0. The zero-order valence-corrected chi connectivity index (χ0v) is 65.7. The zero-order valence-electron chi connectivity index (χ0n) is 64.2. The summed E-state index contributed by atoms with van der Waals surface area (Å²) in [6.45, 7) is 9.79. The number of hydrogen-bond donors (Lipinski definition) is 3. The fourth-order valence-electron chi connectivity index (χ4n) is 16.6. The maximum absolute atomic E-state index is 15.6. The molecule has 30 heteroatoms. The zero-order chi connectivity index (χ0) is 77.7. The standard InChI is InChI=1S/C75H119Cl2F3N12O13/c1-14-46(6)63-71(102)86(9)44-62(95)87(10)55-25-18-17-21-36-91(70(55)101)59(39-48-26-30-50(31-27-48)75(78,79)80)69(100)85(8)43-60(93)81-54(33-29-47-28-32-52(76)53(77)38-47)67(98)92-42-51(105-16-3)40-57(92)66(97)83-74(34-22-35-74)73(104)90(13)64(49-23-19-20-24-49)72(103)89(12)58(68(99)84(7)15-2)41-61(94)88(11)56(37-45(4)5)65(96)82-63/h17-18,45-59,63-64H,14-16,19-44H2,1-13H3,(H,81,93)(H,82,96)(H,83,97)/b18-17-/t46-,47?,48?,50?,51+,52?,53?,54-,55-,56-,57-,58-,59-,63-,64-/m0/s1. The molecule has 7 rings (SSSR count). The van der Waals surface area contributed by atoms with Crippen molar-refractivity contribution >= 4 is 94.1 Å². The fraction of sp³-hybridized carbons (Fsp3) is 0.813. The summed E-state index contributed by atoms with van der Waals surface area (Å²) < 4.78 is 48.5. The third kappa shape index (κ3) is 21.4. The van der Waals surface area contributed by atoms with Crippen LogP contribution in [-0.4, -0.2) is 281 Å². The summed E-state index contributed by atoms with van der Waals surface area (Å²) in [5.41, 5.74) is -1.56. The molecule has 3 N–H and O–H groups in total. The number of carbonyl (C=O) groups excluding carboxylic acids is 12. The van der Waals surface area contributed by atoms with Crippen LogP contribution in [0.2, 0.25) is 0 Å². The maximum atomic E-state index is 15.6. The van der Waals surface area contributed by atoms with Gasteiger partial charge in [-0.05, 0) is 159 Å². The number of fused-ring (bicyclic) bond motifs is 3. The lowest BCUT2D eigenvalue weighted by Crippen LogP contribution is -2.68. The van der Waals surface area contributed by atoms with Gasteiger partial charge in [0.05, 0.1) is 36.9 Å². The first-order chi connectivity index (χ1) is 49.5. The van der Waals surface area contributed by atoms with E-state index in [1.807, 2.05) is 20.8 Å². The highest BCUT2D eigenvalue weighted by Crippen LogP contribution is 2.43. The first-order valence-electron chi connectivity index (χ1n) is 38.4. The molecule has 0 aromatic carbocycles. The molecule has 2 bridgehead atoms. The van der Waals surface area contributed by atoms with Gasteiger partial charge in [0.25, 0.3) is 0 Å². The van der Waals surface area contributed by atoms with E-state index in [2.05, 4.69) is 16.0 Å². The van der Waals surface area contributed by atoms with E-state index in [1.54, 1.807) is 32.9 Å². The topological polar surface area (TPSA) is 279 Å². The van der Waals surface area contributed by atoms with Gasteiger partial charge >= 0.3 is 6.18 Å². The van der Waals surface area contributed by atoms with Crippen LogP contribution in [0.3, 0.4) is 0 Å². The van der Waals surface area contributed by atoms with Gasteiger partial charge in [0.1, 0.15) is 53.9 Å². The van der Waals surface area contributed by atoms with Gasteiger partial charge < -0.3 is 64.8 Å². The van der Waals surface area contributed by atoms with E-state index in [-0.39, 0.29) is 126 Å². The van der Waals surface area contributed by atoms with Gasteiger partial charge in [-0.25, -0.2) is 0 Å². The van der Waals surface area contributed by atoms with Crippen LogP contribution < -0.4 is 16.0 Å². The Bertz CT molecular complexity index is 3110. The number of hydrogen-bond acceptors (Lipinski definition) is 13. The number of likely N-dealkylation sites (N-methyl/N-ethyl adjacent to an activating group) is 7. The van der Waals surface area contributed by atoms with E-state index in [0.29, 0.717) is 51.4 Å². The molecule has 4 saturated carbocycles. The Morgan fingerprint density at radius 2 is 1.31 bits per heavy atom. The minimum atomic E-state index is -4.44. The van der Waals surface area contributed by atoms with Crippen LogP contribution in [0.15, 0.2) is 12.2 Å². The van der Waals surface area contributed by atoms with Crippen molar-refractivity contribution in [2.45, 2.75) is 266 Å². The highest BCUT2D eigenvalue weighted by Gasteiger charge is 2.54. The molecule has 2 saturated heterocycles. The minimum Gasteiger partial charge on any atom is -0.377 e. The Morgan fingerprint density at radius 1 is 0.667 bits per heavy atom. The summed E-state index contributed by atoms with van der Waals surface area (Å²) in [6, 6.07) is -10.3. The van der Waals surface area contributed by atoms with Crippen molar-refractivity contribution in [3.8, 4) is 0 Å². The second-order valence-electron chi connectivity index (χ2n) is 31.5. The number of amides is 12. The molecule has 105 heavy (non-hydrogen) atoms. The molecule has 3 aliphatic heterocycles. The predicted molar refractivity (Wildman–Crippen MR) is 390 cm³/mol. The highest BCUT2D eigenvalue weighted by molar-refractivity contribution is 6.30. The Balaban J connectivity index is 1.32. The number of carbonyl (C=O) groups is 12. The van der Waals surface area contributed by atoms with E-state index in [9.17, 15) is 37.1 Å². The number of nitrogens with zero attached hydrogens (tertiary/aromatic N) is 9. The SMILES string of the molecule is CCO[C@@H]1C[C@H]2C(=O)NC3(CCC3)C(=O)N(C)[C@@H](C3CCCC3)C(=O)N(C)[C@H](C(=O)N(C)CC)CC(=O)N(C)[C@@H](CC(C)C)C(=O)N[C@@H]([C@@H](C)CC)C(=O)N(C)CC(=O)N(C)[C@H]3C/C=C\CCN(C3=O)[C@@H](CC3CCC(C(F)(F)F)CC3)C(=O)N(C)CC(=O)N[C@@H](CCC3CCC(Cl)C(Cl)C3)C(=O)N2C1. The molecular weight excluding hydrogens is 1400 g/mol. The number of alkyl halides is 5. The molecule has 4 aliphatic carbocycles. The summed E-state index contributed by atoms with van der Waals surface area (Å²) in [4.78, 5) is 193. The van der Waals surface area contributed by atoms with Crippen LogP contribution in [0.5, 0.6) is 0 Å². The molecule has 1 spiro atoms. The second kappa shape index (κ2) is 38.2. The minimum absolute atomic E-state index is 0.00780. The van der Waals surface area contributed by atoms with Gasteiger partial charge in [-0.15, -0.1) is 23.2 Å². The molecule has 3 heterocycles. The molecule has 592 valence electrons.